The van der Waals surface area contributed by atoms with Crippen molar-refractivity contribution in [3.8, 4) is 11.5 Å². The molecule has 2 amide bonds. The largest absolute Gasteiger partial charge is 0.486 e. The molecule has 134 valence electrons. The molecule has 0 bridgehead atoms. The number of anilines is 2. The lowest BCUT2D eigenvalue weighted by atomic mass is 10.1. The maximum absolute atomic E-state index is 12.1. The second-order valence-electron chi connectivity index (χ2n) is 5.61. The molecule has 0 atom stereocenters. The Kier molecular flexibility index (Phi) is 5.43. The van der Waals surface area contributed by atoms with Crippen LogP contribution in [0.2, 0.25) is 5.02 Å². The molecule has 0 radical (unpaired) electrons. The Morgan fingerprint density at radius 2 is 1.81 bits per heavy atom. The predicted octanol–water partition coefficient (Wildman–Crippen LogP) is 3.72. The van der Waals surface area contributed by atoms with Gasteiger partial charge in [0.15, 0.2) is 11.5 Å². The molecule has 2 aromatic rings. The van der Waals surface area contributed by atoms with Gasteiger partial charge in [0.1, 0.15) is 13.2 Å². The van der Waals surface area contributed by atoms with Gasteiger partial charge in [0.2, 0.25) is 11.8 Å². The highest BCUT2D eigenvalue weighted by molar-refractivity contribution is 6.32. The average molecular weight is 373 g/mol. The van der Waals surface area contributed by atoms with Gasteiger partial charge in [-0.1, -0.05) is 17.7 Å². The minimum absolute atomic E-state index is 0.177. The smallest absolute Gasteiger partial charge is 0.248 e. The molecule has 7 heteroatoms. The van der Waals surface area contributed by atoms with E-state index in [1.54, 1.807) is 42.5 Å². The van der Waals surface area contributed by atoms with Crippen LogP contribution in [0.15, 0.2) is 42.5 Å². The van der Waals surface area contributed by atoms with Crippen molar-refractivity contribution in [3.63, 3.8) is 0 Å². The number of rotatable bonds is 4. The van der Waals surface area contributed by atoms with Crippen LogP contribution in [0, 0.1) is 0 Å². The number of carbonyl (C=O) groups is 2. The monoisotopic (exact) mass is 372 g/mol. The fourth-order valence-corrected chi connectivity index (χ4v) is 2.73. The molecule has 0 aliphatic carbocycles. The summed E-state index contributed by atoms with van der Waals surface area (Å²) in [5.74, 6) is 0.598. The van der Waals surface area contributed by atoms with Crippen LogP contribution in [0.1, 0.15) is 12.5 Å². The summed E-state index contributed by atoms with van der Waals surface area (Å²) in [6.07, 6.45) is 3.03. The normalized spacial score (nSPS) is 12.7. The summed E-state index contributed by atoms with van der Waals surface area (Å²) in [5, 5.41) is 5.84. The number of hydrogen-bond acceptors (Lipinski definition) is 4. The maximum atomic E-state index is 12.1. The van der Waals surface area contributed by atoms with E-state index in [-0.39, 0.29) is 11.8 Å². The van der Waals surface area contributed by atoms with Gasteiger partial charge < -0.3 is 20.1 Å². The van der Waals surface area contributed by atoms with Crippen LogP contribution in [0.5, 0.6) is 11.5 Å². The topological polar surface area (TPSA) is 76.7 Å². The van der Waals surface area contributed by atoms with E-state index in [9.17, 15) is 9.59 Å². The van der Waals surface area contributed by atoms with Crippen molar-refractivity contribution in [3.05, 3.63) is 53.1 Å². The van der Waals surface area contributed by atoms with Crippen LogP contribution >= 0.6 is 11.6 Å². The lowest BCUT2D eigenvalue weighted by molar-refractivity contribution is -0.114. The number of nitrogens with one attached hydrogen (secondary N) is 2. The lowest BCUT2D eigenvalue weighted by Crippen LogP contribution is -2.15. The number of halogens is 1. The third kappa shape index (κ3) is 4.55. The molecule has 1 heterocycles. The highest BCUT2D eigenvalue weighted by atomic mass is 35.5. The lowest BCUT2D eigenvalue weighted by Gasteiger charge is -2.19. The molecular weight excluding hydrogens is 356 g/mol. The molecule has 6 nitrogen and oxygen atoms in total. The Morgan fingerprint density at radius 1 is 1.08 bits per heavy atom. The zero-order valence-electron chi connectivity index (χ0n) is 14.0. The number of fused-ring (bicyclic) bond motifs is 1. The molecule has 26 heavy (non-hydrogen) atoms. The molecule has 1 aliphatic rings. The van der Waals surface area contributed by atoms with Crippen LogP contribution in [0.3, 0.4) is 0 Å². The van der Waals surface area contributed by atoms with E-state index in [1.165, 1.54) is 13.0 Å². The summed E-state index contributed by atoms with van der Waals surface area (Å²) in [4.78, 5) is 23.2. The summed E-state index contributed by atoms with van der Waals surface area (Å²) in [6.45, 7) is 2.34. The number of benzene rings is 2. The van der Waals surface area contributed by atoms with Gasteiger partial charge in [-0.25, -0.2) is 0 Å². The SMILES string of the molecule is CC(=O)Nc1cccc(NC(=O)/C=C/c2cc(Cl)c3c(c2)OCCO3)c1. The van der Waals surface area contributed by atoms with Gasteiger partial charge in [0.25, 0.3) is 0 Å². The quantitative estimate of drug-likeness (QED) is 0.802. The molecule has 3 rings (SSSR count). The molecule has 0 saturated heterocycles. The Labute approximate surface area is 155 Å². The molecular formula is C19H17ClN2O4. The van der Waals surface area contributed by atoms with Gasteiger partial charge in [0, 0.05) is 24.4 Å². The van der Waals surface area contributed by atoms with Crippen LogP contribution < -0.4 is 20.1 Å². The zero-order chi connectivity index (χ0) is 18.5. The maximum Gasteiger partial charge on any atom is 0.248 e. The van der Waals surface area contributed by atoms with Gasteiger partial charge >= 0.3 is 0 Å². The Hall–Kier alpha value is -2.99. The molecule has 1 aliphatic heterocycles. The van der Waals surface area contributed by atoms with Crippen LogP contribution in [0.4, 0.5) is 11.4 Å². The standard InChI is InChI=1S/C19H17ClN2O4/c1-12(23)21-14-3-2-4-15(11-14)22-18(24)6-5-13-9-16(20)19-17(10-13)25-7-8-26-19/h2-6,9-11H,7-8H2,1H3,(H,21,23)(H,22,24)/b6-5+. The van der Waals surface area contributed by atoms with E-state index < -0.39 is 0 Å². The molecule has 0 spiro atoms. The van der Waals surface area contributed by atoms with Crippen molar-refractivity contribution in [1.82, 2.24) is 0 Å². The van der Waals surface area contributed by atoms with Crippen LogP contribution in [-0.2, 0) is 9.59 Å². The minimum Gasteiger partial charge on any atom is -0.486 e. The van der Waals surface area contributed by atoms with Gasteiger partial charge in [-0.05, 0) is 42.0 Å². The van der Waals surface area contributed by atoms with Crippen molar-refractivity contribution in [2.45, 2.75) is 6.92 Å². The molecule has 0 unspecified atom stereocenters. The van der Waals surface area contributed by atoms with Crippen molar-refractivity contribution in [2.75, 3.05) is 23.8 Å². The highest BCUT2D eigenvalue weighted by Gasteiger charge is 2.15. The van der Waals surface area contributed by atoms with Crippen molar-refractivity contribution in [1.29, 1.82) is 0 Å². The first-order valence-corrected chi connectivity index (χ1v) is 8.35. The molecule has 2 aromatic carbocycles. The van der Waals surface area contributed by atoms with E-state index >= 15 is 0 Å². The first kappa shape index (κ1) is 17.8. The Morgan fingerprint density at radius 3 is 2.58 bits per heavy atom. The molecule has 0 saturated carbocycles. The van der Waals surface area contributed by atoms with Crippen molar-refractivity contribution < 1.29 is 19.1 Å². The average Bonchev–Trinajstić information content (AvgIpc) is 2.60. The molecule has 2 N–H and O–H groups in total. The Balaban J connectivity index is 1.68. The van der Waals surface area contributed by atoms with Crippen LogP contribution in [-0.4, -0.2) is 25.0 Å². The summed E-state index contributed by atoms with van der Waals surface area (Å²) >= 11 is 6.18. The van der Waals surface area contributed by atoms with E-state index in [0.717, 1.165) is 5.56 Å². The first-order chi connectivity index (χ1) is 12.5. The van der Waals surface area contributed by atoms with E-state index in [2.05, 4.69) is 10.6 Å². The second-order valence-corrected chi connectivity index (χ2v) is 6.02. The van der Waals surface area contributed by atoms with E-state index in [4.69, 9.17) is 21.1 Å². The summed E-state index contributed by atoms with van der Waals surface area (Å²) < 4.78 is 11.0. The van der Waals surface area contributed by atoms with E-state index in [0.29, 0.717) is 41.1 Å². The van der Waals surface area contributed by atoms with Gasteiger partial charge in [-0.15, -0.1) is 0 Å². The molecule has 0 aromatic heterocycles. The summed E-state index contributed by atoms with van der Waals surface area (Å²) in [5.41, 5.74) is 1.91. The minimum atomic E-state index is -0.309. The van der Waals surface area contributed by atoms with Crippen LogP contribution in [0.25, 0.3) is 6.08 Å². The summed E-state index contributed by atoms with van der Waals surface area (Å²) in [7, 11) is 0. The number of amides is 2. The fourth-order valence-electron chi connectivity index (χ4n) is 2.46. The van der Waals surface area contributed by atoms with E-state index in [1.807, 2.05) is 0 Å². The van der Waals surface area contributed by atoms with Crippen molar-refractivity contribution >= 4 is 40.9 Å². The first-order valence-electron chi connectivity index (χ1n) is 7.97. The zero-order valence-corrected chi connectivity index (χ0v) is 14.8. The van der Waals surface area contributed by atoms with Gasteiger partial charge in [-0.3, -0.25) is 9.59 Å². The van der Waals surface area contributed by atoms with Gasteiger partial charge in [-0.2, -0.15) is 0 Å². The predicted molar refractivity (Wildman–Crippen MR) is 101 cm³/mol. The number of carbonyl (C=O) groups excluding carboxylic acids is 2. The van der Waals surface area contributed by atoms with Gasteiger partial charge in [0.05, 0.1) is 5.02 Å². The third-order valence-corrected chi connectivity index (χ3v) is 3.78. The molecule has 0 fully saturated rings. The highest BCUT2D eigenvalue weighted by Crippen LogP contribution is 2.38. The number of ether oxygens (including phenoxy) is 2. The number of hydrogen-bond donors (Lipinski definition) is 2. The second kappa shape index (κ2) is 7.93. The summed E-state index contributed by atoms with van der Waals surface area (Å²) in [6, 6.07) is 10.4. The fraction of sp³-hybridized carbons (Fsp3) is 0.158. The Bertz CT molecular complexity index is 880. The third-order valence-electron chi connectivity index (χ3n) is 3.50. The van der Waals surface area contributed by atoms with Crippen molar-refractivity contribution in [2.24, 2.45) is 0 Å².